The number of nitrogens with zero attached hydrogens (tertiary/aromatic N) is 1. The normalized spacial score (nSPS) is 10.5. The van der Waals surface area contributed by atoms with Gasteiger partial charge in [-0.2, -0.15) is 4.98 Å². The molecule has 0 spiro atoms. The minimum Gasteiger partial charge on any atom is -0.423 e. The van der Waals surface area contributed by atoms with Crippen molar-refractivity contribution in [3.8, 4) is 0 Å². The van der Waals surface area contributed by atoms with Crippen LogP contribution in [0, 0.1) is 0 Å². The maximum atomic E-state index is 11.9. The molecule has 0 fully saturated rings. The predicted molar refractivity (Wildman–Crippen MR) is 72.8 cm³/mol. The predicted octanol–water partition coefficient (Wildman–Crippen LogP) is 2.66. The highest BCUT2D eigenvalue weighted by molar-refractivity contribution is 6.03. The van der Waals surface area contributed by atoms with Crippen LogP contribution in [-0.4, -0.2) is 10.9 Å². The second kappa shape index (κ2) is 4.45. The van der Waals surface area contributed by atoms with E-state index in [0.717, 1.165) is 0 Å². The van der Waals surface area contributed by atoms with Gasteiger partial charge in [-0.25, -0.2) is 0 Å². The third-order valence-corrected chi connectivity index (χ3v) is 2.67. The number of hydrogen-bond donors (Lipinski definition) is 2. The van der Waals surface area contributed by atoms with Gasteiger partial charge < -0.3 is 10.2 Å². The molecule has 5 heteroatoms. The maximum absolute atomic E-state index is 11.9. The summed E-state index contributed by atoms with van der Waals surface area (Å²) in [6, 6.07) is 14.2. The number of aromatic nitrogens is 1. The molecule has 3 N–H and O–H groups in total. The maximum Gasteiger partial charge on any atom is 0.302 e. The first-order valence-electron chi connectivity index (χ1n) is 5.75. The second-order valence-corrected chi connectivity index (χ2v) is 4.07. The Kier molecular flexibility index (Phi) is 2.64. The average molecular weight is 253 g/mol. The third-order valence-electron chi connectivity index (χ3n) is 2.67. The van der Waals surface area contributed by atoms with Crippen LogP contribution in [0.4, 0.5) is 11.7 Å². The number of rotatable bonds is 2. The van der Waals surface area contributed by atoms with Crippen LogP contribution in [0.1, 0.15) is 10.4 Å². The molecule has 0 aliphatic carbocycles. The zero-order valence-electron chi connectivity index (χ0n) is 9.96. The van der Waals surface area contributed by atoms with Crippen molar-refractivity contribution in [3.63, 3.8) is 0 Å². The number of carbonyl (C=O) groups excluding carboxylic acids is 1. The number of carbonyl (C=O) groups is 1. The molecule has 2 aromatic carbocycles. The van der Waals surface area contributed by atoms with E-state index in [4.69, 9.17) is 10.2 Å². The van der Waals surface area contributed by atoms with E-state index in [1.54, 1.807) is 42.5 Å². The van der Waals surface area contributed by atoms with E-state index < -0.39 is 0 Å². The minimum atomic E-state index is -0.264. The average Bonchev–Trinajstić information content (AvgIpc) is 2.81. The molecular weight excluding hydrogens is 242 g/mol. The zero-order chi connectivity index (χ0) is 13.2. The van der Waals surface area contributed by atoms with E-state index >= 15 is 0 Å². The molecule has 5 nitrogen and oxygen atoms in total. The van der Waals surface area contributed by atoms with Gasteiger partial charge in [-0.05, 0) is 24.3 Å². The lowest BCUT2D eigenvalue weighted by molar-refractivity contribution is 0.102. The van der Waals surface area contributed by atoms with Crippen molar-refractivity contribution >= 4 is 28.7 Å². The van der Waals surface area contributed by atoms with Crippen molar-refractivity contribution in [2.45, 2.75) is 0 Å². The largest absolute Gasteiger partial charge is 0.423 e. The second-order valence-electron chi connectivity index (χ2n) is 4.07. The summed E-state index contributed by atoms with van der Waals surface area (Å²) in [4.78, 5) is 16.1. The van der Waals surface area contributed by atoms with Crippen LogP contribution in [-0.2, 0) is 0 Å². The number of amides is 1. The highest BCUT2D eigenvalue weighted by Crippen LogP contribution is 2.21. The molecule has 3 rings (SSSR count). The summed E-state index contributed by atoms with van der Waals surface area (Å²) in [6.45, 7) is 0. The highest BCUT2D eigenvalue weighted by Gasteiger charge is 2.10. The Morgan fingerprint density at radius 2 is 1.95 bits per heavy atom. The van der Waals surface area contributed by atoms with Gasteiger partial charge in [-0.3, -0.25) is 10.1 Å². The molecule has 3 aromatic rings. The fourth-order valence-electron chi connectivity index (χ4n) is 1.75. The first-order valence-corrected chi connectivity index (χ1v) is 5.75. The summed E-state index contributed by atoms with van der Waals surface area (Å²) in [6.07, 6.45) is 0. The van der Waals surface area contributed by atoms with E-state index in [-0.39, 0.29) is 11.9 Å². The van der Waals surface area contributed by atoms with Gasteiger partial charge in [0, 0.05) is 17.3 Å². The SMILES string of the molecule is Nc1ccc2nc(NC(=O)c3ccccc3)oc2c1. The van der Waals surface area contributed by atoms with Crippen molar-refractivity contribution in [2.24, 2.45) is 0 Å². The number of nitrogens with two attached hydrogens (primary N) is 1. The van der Waals surface area contributed by atoms with E-state index in [9.17, 15) is 4.79 Å². The summed E-state index contributed by atoms with van der Waals surface area (Å²) < 4.78 is 5.42. The summed E-state index contributed by atoms with van der Waals surface area (Å²) in [7, 11) is 0. The first-order chi connectivity index (χ1) is 9.22. The van der Waals surface area contributed by atoms with Gasteiger partial charge in [0.25, 0.3) is 5.91 Å². The topological polar surface area (TPSA) is 81.1 Å². The molecule has 0 unspecified atom stereocenters. The number of nitrogen functional groups attached to an aromatic ring is 1. The van der Waals surface area contributed by atoms with Crippen LogP contribution in [0.25, 0.3) is 11.1 Å². The molecule has 0 saturated heterocycles. The van der Waals surface area contributed by atoms with Gasteiger partial charge in [0.1, 0.15) is 5.52 Å². The van der Waals surface area contributed by atoms with Crippen molar-refractivity contribution < 1.29 is 9.21 Å². The fourth-order valence-corrected chi connectivity index (χ4v) is 1.75. The van der Waals surface area contributed by atoms with Gasteiger partial charge in [-0.1, -0.05) is 18.2 Å². The molecule has 0 atom stereocenters. The van der Waals surface area contributed by atoms with Gasteiger partial charge in [0.05, 0.1) is 0 Å². The number of oxazole rings is 1. The number of hydrogen-bond acceptors (Lipinski definition) is 4. The quantitative estimate of drug-likeness (QED) is 0.688. The number of nitrogens with one attached hydrogen (secondary N) is 1. The smallest absolute Gasteiger partial charge is 0.302 e. The van der Waals surface area contributed by atoms with Crippen LogP contribution < -0.4 is 11.1 Å². The number of benzene rings is 2. The van der Waals surface area contributed by atoms with Crippen LogP contribution >= 0.6 is 0 Å². The molecule has 0 bridgehead atoms. The Balaban J connectivity index is 1.87. The van der Waals surface area contributed by atoms with Crippen molar-refractivity contribution in [1.82, 2.24) is 4.98 Å². The number of fused-ring (bicyclic) bond motifs is 1. The Morgan fingerprint density at radius 1 is 1.16 bits per heavy atom. The monoisotopic (exact) mass is 253 g/mol. The molecule has 1 amide bonds. The third kappa shape index (κ3) is 2.26. The van der Waals surface area contributed by atoms with Gasteiger partial charge >= 0.3 is 6.01 Å². The highest BCUT2D eigenvalue weighted by atomic mass is 16.4. The van der Waals surface area contributed by atoms with Gasteiger partial charge in [0.15, 0.2) is 5.58 Å². The standard InChI is InChI=1S/C14H11N3O2/c15-10-6-7-11-12(8-10)19-14(16-11)17-13(18)9-4-2-1-3-5-9/h1-8H,15H2,(H,16,17,18). The Morgan fingerprint density at radius 3 is 2.74 bits per heavy atom. The summed E-state index contributed by atoms with van der Waals surface area (Å²) in [5.41, 5.74) is 7.98. The number of anilines is 2. The van der Waals surface area contributed by atoms with E-state index in [0.29, 0.717) is 22.4 Å². The lowest BCUT2D eigenvalue weighted by atomic mass is 10.2. The van der Waals surface area contributed by atoms with Crippen molar-refractivity contribution in [2.75, 3.05) is 11.1 Å². The summed E-state index contributed by atoms with van der Waals surface area (Å²) in [5.74, 6) is -0.264. The van der Waals surface area contributed by atoms with Crippen LogP contribution in [0.5, 0.6) is 0 Å². The van der Waals surface area contributed by atoms with Gasteiger partial charge in [0.2, 0.25) is 0 Å². The summed E-state index contributed by atoms with van der Waals surface area (Å²) >= 11 is 0. The molecule has 0 aliphatic rings. The lowest BCUT2D eigenvalue weighted by Gasteiger charge is -1.99. The minimum absolute atomic E-state index is 0.162. The van der Waals surface area contributed by atoms with E-state index in [2.05, 4.69) is 10.3 Å². The molecule has 19 heavy (non-hydrogen) atoms. The molecule has 0 aliphatic heterocycles. The fraction of sp³-hybridized carbons (Fsp3) is 0. The Hall–Kier alpha value is -2.82. The van der Waals surface area contributed by atoms with Crippen molar-refractivity contribution in [3.05, 3.63) is 54.1 Å². The van der Waals surface area contributed by atoms with Crippen LogP contribution in [0.15, 0.2) is 52.9 Å². The summed E-state index contributed by atoms with van der Waals surface area (Å²) in [5, 5.41) is 2.61. The molecule has 1 aromatic heterocycles. The molecule has 0 radical (unpaired) electrons. The van der Waals surface area contributed by atoms with Crippen LogP contribution in [0.2, 0.25) is 0 Å². The molecule has 94 valence electrons. The molecule has 0 saturated carbocycles. The first kappa shape index (κ1) is 11.3. The molecular formula is C14H11N3O2. The van der Waals surface area contributed by atoms with Crippen molar-refractivity contribution in [1.29, 1.82) is 0 Å². The van der Waals surface area contributed by atoms with E-state index in [1.165, 1.54) is 0 Å². The Bertz CT molecular complexity index is 735. The van der Waals surface area contributed by atoms with E-state index in [1.807, 2.05) is 6.07 Å². The van der Waals surface area contributed by atoms with Crippen LogP contribution in [0.3, 0.4) is 0 Å². The zero-order valence-corrected chi connectivity index (χ0v) is 9.96. The molecule has 1 heterocycles. The Labute approximate surface area is 109 Å². The lowest BCUT2D eigenvalue weighted by Crippen LogP contribution is -2.11. The van der Waals surface area contributed by atoms with Gasteiger partial charge in [-0.15, -0.1) is 0 Å².